The Morgan fingerprint density at radius 2 is 0.565 bits per heavy atom. The van der Waals surface area contributed by atoms with Crippen LogP contribution in [0.2, 0.25) is 0 Å². The van der Waals surface area contributed by atoms with Crippen molar-refractivity contribution in [1.82, 2.24) is 0 Å². The molecule has 0 amide bonds. The van der Waals surface area contributed by atoms with Gasteiger partial charge in [-0.25, -0.2) is 0 Å². The highest BCUT2D eigenvalue weighted by Gasteiger charge is 2.19. The molecule has 69 heavy (non-hydrogen) atoms. The third kappa shape index (κ3) is 55.9. The van der Waals surface area contributed by atoms with E-state index in [0.29, 0.717) is 19.3 Å². The molecule has 0 aromatic heterocycles. The van der Waals surface area contributed by atoms with Crippen molar-refractivity contribution < 1.29 is 28.6 Å². The van der Waals surface area contributed by atoms with Gasteiger partial charge in [-0.3, -0.25) is 14.4 Å². The number of ether oxygens (including phenoxy) is 3. The molecule has 1 unspecified atom stereocenters. The Morgan fingerprint density at radius 3 is 0.884 bits per heavy atom. The van der Waals surface area contributed by atoms with Crippen LogP contribution in [0.25, 0.3) is 0 Å². The molecule has 0 saturated carbocycles. The zero-order valence-corrected chi connectivity index (χ0v) is 45.8. The Bertz CT molecular complexity index is 1250. The Morgan fingerprint density at radius 1 is 0.304 bits per heavy atom. The van der Waals surface area contributed by atoms with Crippen molar-refractivity contribution in [3.05, 3.63) is 60.8 Å². The molecule has 6 nitrogen and oxygen atoms in total. The van der Waals surface area contributed by atoms with Gasteiger partial charge in [0.1, 0.15) is 13.2 Å². The second-order valence-corrected chi connectivity index (χ2v) is 19.9. The molecule has 6 heteroatoms. The summed E-state index contributed by atoms with van der Waals surface area (Å²) in [4.78, 5) is 38.2. The molecule has 0 heterocycles. The topological polar surface area (TPSA) is 78.9 Å². The summed E-state index contributed by atoms with van der Waals surface area (Å²) in [5.74, 6) is -0.901. The fourth-order valence-electron chi connectivity index (χ4n) is 8.59. The van der Waals surface area contributed by atoms with Gasteiger partial charge in [-0.05, 0) is 64.2 Å². The van der Waals surface area contributed by atoms with Gasteiger partial charge in [-0.2, -0.15) is 0 Å². The maximum atomic E-state index is 12.9. The first-order valence-electron chi connectivity index (χ1n) is 29.8. The fraction of sp³-hybridized carbons (Fsp3) is 0.794. The van der Waals surface area contributed by atoms with Crippen LogP contribution in [0, 0.1) is 0 Å². The van der Waals surface area contributed by atoms with E-state index in [9.17, 15) is 14.4 Å². The lowest BCUT2D eigenvalue weighted by Gasteiger charge is -2.18. The Labute approximate surface area is 428 Å². The number of esters is 3. The SMILES string of the molecule is CC/C=C\C/C=C\C/C=C\C/C=C\C/C=C\CCCCCC(=O)OC(COC(=O)CCCCCCCCCCCCCC)COC(=O)CCCCCCCCCCCCCCCCCCCCCC. The molecule has 0 aliphatic carbocycles. The van der Waals surface area contributed by atoms with Gasteiger partial charge in [0.2, 0.25) is 0 Å². The average molecular weight is 966 g/mol. The first kappa shape index (κ1) is 66.1. The zero-order valence-electron chi connectivity index (χ0n) is 45.8. The van der Waals surface area contributed by atoms with Gasteiger partial charge < -0.3 is 14.2 Å². The lowest BCUT2D eigenvalue weighted by molar-refractivity contribution is -0.167. The smallest absolute Gasteiger partial charge is 0.306 e. The van der Waals surface area contributed by atoms with Crippen molar-refractivity contribution in [3.63, 3.8) is 0 Å². The van der Waals surface area contributed by atoms with E-state index in [1.165, 1.54) is 167 Å². The summed E-state index contributed by atoms with van der Waals surface area (Å²) in [5, 5.41) is 0. The summed E-state index contributed by atoms with van der Waals surface area (Å²) < 4.78 is 16.9. The third-order valence-electron chi connectivity index (χ3n) is 13.0. The molecule has 0 fully saturated rings. The van der Waals surface area contributed by atoms with Crippen LogP contribution in [-0.2, 0) is 28.6 Å². The highest BCUT2D eigenvalue weighted by atomic mass is 16.6. The van der Waals surface area contributed by atoms with Crippen molar-refractivity contribution in [2.75, 3.05) is 13.2 Å². The van der Waals surface area contributed by atoms with Crippen LogP contribution < -0.4 is 0 Å². The van der Waals surface area contributed by atoms with Crippen LogP contribution in [-0.4, -0.2) is 37.2 Å². The minimum absolute atomic E-state index is 0.0836. The van der Waals surface area contributed by atoms with E-state index in [4.69, 9.17) is 14.2 Å². The monoisotopic (exact) mass is 965 g/mol. The summed E-state index contributed by atoms with van der Waals surface area (Å²) in [5.41, 5.74) is 0. The first-order chi connectivity index (χ1) is 34.0. The quantitative estimate of drug-likeness (QED) is 0.0262. The minimum Gasteiger partial charge on any atom is -0.462 e. The molecule has 0 aliphatic rings. The lowest BCUT2D eigenvalue weighted by Crippen LogP contribution is -2.30. The normalized spacial score (nSPS) is 12.4. The minimum atomic E-state index is -0.788. The second-order valence-electron chi connectivity index (χ2n) is 19.9. The van der Waals surface area contributed by atoms with E-state index >= 15 is 0 Å². The van der Waals surface area contributed by atoms with E-state index in [2.05, 4.69) is 81.5 Å². The molecule has 0 N–H and O–H groups in total. The molecular weight excluding hydrogens is 853 g/mol. The number of hydrogen-bond donors (Lipinski definition) is 0. The van der Waals surface area contributed by atoms with Crippen LogP contribution in [0.5, 0.6) is 0 Å². The van der Waals surface area contributed by atoms with E-state index in [1.54, 1.807) is 0 Å². The molecule has 0 aromatic carbocycles. The van der Waals surface area contributed by atoms with Crippen LogP contribution >= 0.6 is 0 Å². The molecule has 0 aliphatic heterocycles. The molecule has 0 spiro atoms. The molecule has 0 rings (SSSR count). The van der Waals surface area contributed by atoms with Crippen molar-refractivity contribution >= 4 is 17.9 Å². The molecule has 1 atom stereocenters. The van der Waals surface area contributed by atoms with Gasteiger partial charge in [0.25, 0.3) is 0 Å². The third-order valence-corrected chi connectivity index (χ3v) is 13.0. The molecule has 0 bridgehead atoms. The molecule has 0 aromatic rings. The zero-order chi connectivity index (χ0) is 50.0. The summed E-state index contributed by atoms with van der Waals surface area (Å²) in [6.07, 6.45) is 72.2. The van der Waals surface area contributed by atoms with Crippen LogP contribution in [0.3, 0.4) is 0 Å². The van der Waals surface area contributed by atoms with Gasteiger partial charge >= 0.3 is 17.9 Å². The molecule has 400 valence electrons. The number of rotatable bonds is 54. The summed E-state index contributed by atoms with van der Waals surface area (Å²) >= 11 is 0. The van der Waals surface area contributed by atoms with Crippen LogP contribution in [0.4, 0.5) is 0 Å². The Kier molecular flexibility index (Phi) is 55.3. The highest BCUT2D eigenvalue weighted by Crippen LogP contribution is 2.17. The van der Waals surface area contributed by atoms with Crippen LogP contribution in [0.15, 0.2) is 60.8 Å². The number of allylic oxidation sites excluding steroid dienone is 10. The van der Waals surface area contributed by atoms with E-state index in [1.807, 2.05) is 0 Å². The van der Waals surface area contributed by atoms with Crippen molar-refractivity contribution in [2.24, 2.45) is 0 Å². The lowest BCUT2D eigenvalue weighted by atomic mass is 10.0. The van der Waals surface area contributed by atoms with Gasteiger partial charge in [0.05, 0.1) is 0 Å². The first-order valence-corrected chi connectivity index (χ1v) is 29.8. The standard InChI is InChI=1S/C63H112O6/c1-4-7-10-13-16-19-22-25-27-29-31-33-34-36-38-41-44-47-50-53-56-62(65)68-59-60(58-67-61(64)55-52-49-46-43-40-24-21-18-15-12-9-6-3)69-63(66)57-54-51-48-45-42-39-37-35-32-30-28-26-23-20-17-14-11-8-5-2/h8,11,17,20,26,28,32,35,39,42,60H,4-7,9-10,12-16,18-19,21-25,27,29-31,33-34,36-38,40-41,43-59H2,1-3H3/b11-8-,20-17-,28-26-,35-32-,42-39-. The molecular formula is C63H112O6. The van der Waals surface area contributed by atoms with Crippen molar-refractivity contribution in [2.45, 2.75) is 309 Å². The van der Waals surface area contributed by atoms with Crippen LogP contribution in [0.1, 0.15) is 303 Å². The Balaban J connectivity index is 4.36. The summed E-state index contributed by atoms with van der Waals surface area (Å²) in [6, 6.07) is 0. The predicted molar refractivity (Wildman–Crippen MR) is 298 cm³/mol. The van der Waals surface area contributed by atoms with Gasteiger partial charge in [0, 0.05) is 19.3 Å². The van der Waals surface area contributed by atoms with E-state index < -0.39 is 6.10 Å². The average Bonchev–Trinajstić information content (AvgIpc) is 3.35. The summed E-state index contributed by atoms with van der Waals surface area (Å²) in [7, 11) is 0. The fourth-order valence-corrected chi connectivity index (χ4v) is 8.59. The largest absolute Gasteiger partial charge is 0.462 e. The van der Waals surface area contributed by atoms with Crippen molar-refractivity contribution in [3.8, 4) is 0 Å². The van der Waals surface area contributed by atoms with E-state index in [0.717, 1.165) is 96.3 Å². The van der Waals surface area contributed by atoms with Crippen molar-refractivity contribution in [1.29, 1.82) is 0 Å². The van der Waals surface area contributed by atoms with Gasteiger partial charge in [0.15, 0.2) is 6.10 Å². The van der Waals surface area contributed by atoms with Gasteiger partial charge in [-0.1, -0.05) is 281 Å². The predicted octanol–water partition coefficient (Wildman–Crippen LogP) is 20.0. The molecule has 0 saturated heterocycles. The van der Waals surface area contributed by atoms with Gasteiger partial charge in [-0.15, -0.1) is 0 Å². The van der Waals surface area contributed by atoms with E-state index in [-0.39, 0.29) is 31.1 Å². The number of hydrogen-bond acceptors (Lipinski definition) is 6. The maximum Gasteiger partial charge on any atom is 0.306 e. The maximum absolute atomic E-state index is 12.9. The summed E-state index contributed by atoms with van der Waals surface area (Å²) in [6.45, 7) is 6.53. The highest BCUT2D eigenvalue weighted by molar-refractivity contribution is 5.71. The number of unbranched alkanes of at least 4 members (excludes halogenated alkanes) is 33. The number of carbonyl (C=O) groups is 3. The Hall–Kier alpha value is -2.89. The molecule has 0 radical (unpaired) electrons. The second kappa shape index (κ2) is 57.7. The number of carbonyl (C=O) groups excluding carboxylic acids is 3.